The normalized spacial score (nSPS) is 35.9. The third-order valence-corrected chi connectivity index (χ3v) is 4.34. The van der Waals surface area contributed by atoms with Gasteiger partial charge in [-0.1, -0.05) is 0 Å². The lowest BCUT2D eigenvalue weighted by molar-refractivity contribution is -0.325. The highest BCUT2D eigenvalue weighted by atomic mass is 31.2. The molecule has 5 atom stereocenters. The second-order valence-electron chi connectivity index (χ2n) is 5.02. The molecule has 0 aromatic carbocycles. The molecule has 0 aromatic rings. The molecule has 0 spiro atoms. The molecule has 1 fully saturated rings. The summed E-state index contributed by atoms with van der Waals surface area (Å²) < 4.78 is 50.9. The van der Waals surface area contributed by atoms with Crippen molar-refractivity contribution in [1.82, 2.24) is 0 Å². The molecule has 17 heteroatoms. The second-order valence-corrected chi connectivity index (χ2v) is 8.59. The van der Waals surface area contributed by atoms with Gasteiger partial charge in [-0.15, -0.1) is 0 Å². The van der Waals surface area contributed by atoms with Crippen LogP contribution in [0.5, 0.6) is 0 Å². The largest absolute Gasteiger partial charge is 0.470 e. The first kappa shape index (κ1) is 22.3. The van der Waals surface area contributed by atoms with Crippen LogP contribution in [0.25, 0.3) is 0 Å². The van der Waals surface area contributed by atoms with Gasteiger partial charge in [0.15, 0.2) is 11.9 Å². The Hall–Kier alpha value is 0.250. The molecule has 1 saturated heterocycles. The van der Waals surface area contributed by atoms with Gasteiger partial charge in [-0.2, -0.15) is 0 Å². The van der Waals surface area contributed by atoms with Crippen LogP contribution < -0.4 is 0 Å². The van der Waals surface area contributed by atoms with Gasteiger partial charge in [0.05, 0.1) is 6.10 Å². The number of aliphatic hydroxyl groups is 1. The molecule has 1 unspecified atom stereocenters. The maximum Gasteiger partial charge on any atom is 0.470 e. The zero-order chi connectivity index (χ0) is 19.1. The minimum Gasteiger partial charge on any atom is -0.364 e. The average molecular weight is 418 g/mol. The molecular formula is C7H17O14P3. The van der Waals surface area contributed by atoms with Crippen molar-refractivity contribution in [2.75, 3.05) is 0 Å². The minimum absolute atomic E-state index is 0.841. The minimum atomic E-state index is -5.36. The van der Waals surface area contributed by atoms with Gasteiger partial charge in [0.1, 0.15) is 12.2 Å². The summed E-state index contributed by atoms with van der Waals surface area (Å²) in [6.45, 7) is 1.95. The topological polar surface area (TPSA) is 230 Å². The van der Waals surface area contributed by atoms with Gasteiger partial charge < -0.3 is 39.2 Å². The van der Waals surface area contributed by atoms with Gasteiger partial charge in [0.2, 0.25) is 0 Å². The van der Waals surface area contributed by atoms with Crippen molar-refractivity contribution in [2.24, 2.45) is 0 Å². The molecule has 1 heterocycles. The second kappa shape index (κ2) is 7.10. The van der Waals surface area contributed by atoms with Gasteiger partial charge in [0, 0.05) is 0 Å². The van der Waals surface area contributed by atoms with Crippen LogP contribution in [0.2, 0.25) is 0 Å². The van der Waals surface area contributed by atoms with Gasteiger partial charge in [0.25, 0.3) is 0 Å². The fourth-order valence-electron chi connectivity index (χ4n) is 2.14. The highest BCUT2D eigenvalue weighted by Crippen LogP contribution is 2.51. The smallest absolute Gasteiger partial charge is 0.364 e. The van der Waals surface area contributed by atoms with Crippen LogP contribution in [0.15, 0.2) is 0 Å². The number of phosphoric ester groups is 3. The Labute approximate surface area is 135 Å². The van der Waals surface area contributed by atoms with Crippen molar-refractivity contribution in [3.05, 3.63) is 0 Å². The van der Waals surface area contributed by atoms with Gasteiger partial charge in [-0.3, -0.25) is 13.6 Å². The predicted octanol–water partition coefficient (Wildman–Crippen LogP) is -1.45. The zero-order valence-electron chi connectivity index (χ0n) is 12.1. The lowest BCUT2D eigenvalue weighted by atomic mass is 9.94. The number of hydrogen-bond donors (Lipinski definition) is 7. The van der Waals surface area contributed by atoms with E-state index in [1.54, 1.807) is 0 Å². The van der Waals surface area contributed by atoms with Crippen molar-refractivity contribution >= 4 is 23.5 Å². The maximum atomic E-state index is 11.1. The summed E-state index contributed by atoms with van der Waals surface area (Å²) in [6.07, 6.45) is -7.83. The Morgan fingerprint density at radius 1 is 0.833 bits per heavy atom. The van der Waals surface area contributed by atoms with E-state index in [1.165, 1.54) is 0 Å². The molecular weight excluding hydrogens is 401 g/mol. The van der Waals surface area contributed by atoms with E-state index in [2.05, 4.69) is 13.6 Å². The lowest BCUT2D eigenvalue weighted by Crippen LogP contribution is -2.64. The molecule has 0 saturated carbocycles. The molecule has 144 valence electrons. The molecule has 1 aliphatic rings. The summed E-state index contributed by atoms with van der Waals surface area (Å²) in [5, 5.41) is 10.1. The highest BCUT2D eigenvalue weighted by Gasteiger charge is 2.57. The molecule has 0 radical (unpaired) electrons. The Bertz CT molecular complexity index is 585. The van der Waals surface area contributed by atoms with Gasteiger partial charge in [-0.05, 0) is 13.8 Å². The number of ether oxygens (including phenoxy) is 1. The predicted molar refractivity (Wildman–Crippen MR) is 71.9 cm³/mol. The van der Waals surface area contributed by atoms with Crippen LogP contribution in [0, 0.1) is 0 Å². The first-order valence-corrected chi connectivity index (χ1v) is 10.6. The maximum absolute atomic E-state index is 11.1. The molecule has 0 bridgehead atoms. The molecule has 0 aromatic heterocycles. The molecule has 0 amide bonds. The SMILES string of the molecule is C[C@H]1OC(C)(O)[C@@H](OP(=O)(O)O)[C@@H](OP(=O)(O)O)[C@@H]1OP(=O)(O)O. The lowest BCUT2D eigenvalue weighted by Gasteiger charge is -2.47. The first-order chi connectivity index (χ1) is 10.4. The van der Waals surface area contributed by atoms with Crippen LogP contribution in [0.4, 0.5) is 0 Å². The monoisotopic (exact) mass is 418 g/mol. The Balaban J connectivity index is 3.34. The summed E-state index contributed by atoms with van der Waals surface area (Å²) >= 11 is 0. The molecule has 14 nitrogen and oxygen atoms in total. The summed E-state index contributed by atoms with van der Waals surface area (Å²) in [5.41, 5.74) is 0. The fraction of sp³-hybridized carbons (Fsp3) is 1.00. The number of rotatable bonds is 6. The Kier molecular flexibility index (Phi) is 6.60. The van der Waals surface area contributed by atoms with Crippen LogP contribution in [-0.4, -0.2) is 64.7 Å². The third kappa shape index (κ3) is 6.87. The molecule has 0 aliphatic carbocycles. The van der Waals surface area contributed by atoms with Crippen molar-refractivity contribution in [2.45, 2.75) is 44.1 Å². The van der Waals surface area contributed by atoms with Crippen LogP contribution in [-0.2, 0) is 32.0 Å². The first-order valence-electron chi connectivity index (χ1n) is 6.03. The molecule has 1 aliphatic heterocycles. The van der Waals surface area contributed by atoms with Crippen molar-refractivity contribution in [3.63, 3.8) is 0 Å². The van der Waals surface area contributed by atoms with E-state index in [0.717, 1.165) is 13.8 Å². The van der Waals surface area contributed by atoms with E-state index in [0.29, 0.717) is 0 Å². The zero-order valence-corrected chi connectivity index (χ0v) is 14.8. The van der Waals surface area contributed by atoms with E-state index < -0.39 is 53.7 Å². The summed E-state index contributed by atoms with van der Waals surface area (Å²) in [4.78, 5) is 53.4. The van der Waals surface area contributed by atoms with E-state index in [4.69, 9.17) is 34.1 Å². The Morgan fingerprint density at radius 2 is 1.21 bits per heavy atom. The summed E-state index contributed by atoms with van der Waals surface area (Å²) in [5.74, 6) is -2.55. The molecule has 7 N–H and O–H groups in total. The quantitative estimate of drug-likeness (QED) is 0.245. The summed E-state index contributed by atoms with van der Waals surface area (Å²) in [6, 6.07) is 0. The van der Waals surface area contributed by atoms with E-state index >= 15 is 0 Å². The van der Waals surface area contributed by atoms with Crippen LogP contribution in [0.1, 0.15) is 13.8 Å². The van der Waals surface area contributed by atoms with E-state index in [1.807, 2.05) is 0 Å². The average Bonchev–Trinajstić information content (AvgIpc) is 2.24. The number of hydrogen-bond acceptors (Lipinski definition) is 8. The molecule has 1 rings (SSSR count). The highest BCUT2D eigenvalue weighted by molar-refractivity contribution is 7.47. The van der Waals surface area contributed by atoms with E-state index in [-0.39, 0.29) is 0 Å². The summed E-state index contributed by atoms with van der Waals surface area (Å²) in [7, 11) is -15.9. The van der Waals surface area contributed by atoms with E-state index in [9.17, 15) is 18.8 Å². The van der Waals surface area contributed by atoms with Gasteiger partial charge >= 0.3 is 23.5 Å². The number of phosphoric acid groups is 3. The third-order valence-electron chi connectivity index (χ3n) is 2.81. The van der Waals surface area contributed by atoms with Crippen LogP contribution >= 0.6 is 23.5 Å². The van der Waals surface area contributed by atoms with Gasteiger partial charge in [-0.25, -0.2) is 13.7 Å². The van der Waals surface area contributed by atoms with Crippen LogP contribution in [0.3, 0.4) is 0 Å². The fourth-order valence-corrected chi connectivity index (χ4v) is 3.91. The van der Waals surface area contributed by atoms with Crippen molar-refractivity contribution < 1.29 is 66.5 Å². The van der Waals surface area contributed by atoms with Crippen molar-refractivity contribution in [3.8, 4) is 0 Å². The molecule has 24 heavy (non-hydrogen) atoms. The van der Waals surface area contributed by atoms with Crippen molar-refractivity contribution in [1.29, 1.82) is 0 Å². The Morgan fingerprint density at radius 3 is 1.58 bits per heavy atom. The standard InChI is InChI=1S/C7H17O14P3/c1-3-4(19-22(9,10)11)5(20-23(12,13)14)6(7(2,8)18-3)21-24(15,16)17/h3-6,8H,1-2H3,(H2,9,10,11)(H2,12,13,14)(H2,15,16,17)/t3-,4-,5+,6+,7?/m1/s1.